The van der Waals surface area contributed by atoms with Crippen LogP contribution in [0.2, 0.25) is 0 Å². The Morgan fingerprint density at radius 3 is 2.49 bits per heavy atom. The Balaban J connectivity index is 0.00000648. The van der Waals surface area contributed by atoms with Crippen molar-refractivity contribution in [3.63, 3.8) is 0 Å². The van der Waals surface area contributed by atoms with Gasteiger partial charge in [-0.15, -0.1) is 0 Å². The largest absolute Gasteiger partial charge is 0.497 e. The fraction of sp³-hybridized carbons (Fsp3) is 0.519. The number of nitrogens with one attached hydrogen (secondary N) is 3. The van der Waals surface area contributed by atoms with Gasteiger partial charge < -0.3 is 30.6 Å². The summed E-state index contributed by atoms with van der Waals surface area (Å²) in [5.41, 5.74) is 4.03. The number of amides is 2. The highest BCUT2D eigenvalue weighted by Crippen LogP contribution is 2.30. The number of methoxy groups -OCH3 is 1. The highest BCUT2D eigenvalue weighted by Gasteiger charge is 2.27. The molecule has 1 aliphatic rings. The van der Waals surface area contributed by atoms with E-state index in [1.807, 2.05) is 59.1 Å². The third-order valence-electron chi connectivity index (χ3n) is 6.60. The molecular formula is C27H43N5O3. The van der Waals surface area contributed by atoms with Crippen molar-refractivity contribution in [1.82, 2.24) is 20.4 Å². The Hall–Kier alpha value is -3.13. The molecule has 0 fully saturated rings. The second kappa shape index (κ2) is 12.0. The number of benzene rings is 1. The number of hydrogen-bond donors (Lipinski definition) is 3. The average molecular weight is 486 g/mol. The number of nitrogens with zero attached hydrogens (tertiary/aromatic N) is 2. The van der Waals surface area contributed by atoms with Crippen LogP contribution in [0.1, 0.15) is 52.2 Å². The van der Waals surface area contributed by atoms with Crippen molar-refractivity contribution in [1.29, 1.82) is 5.41 Å². The number of likely N-dealkylation sites (N-methyl/N-ethyl adjacent to an activating group) is 1. The van der Waals surface area contributed by atoms with Crippen LogP contribution in [0.25, 0.3) is 0 Å². The minimum atomic E-state index is -0.661. The molecule has 2 rings (SSSR count). The summed E-state index contributed by atoms with van der Waals surface area (Å²) in [5.74, 6) is 0.523. The summed E-state index contributed by atoms with van der Waals surface area (Å²) in [6.45, 7) is 6.50. The van der Waals surface area contributed by atoms with Crippen LogP contribution in [0.15, 0.2) is 41.1 Å². The molecule has 8 nitrogen and oxygen atoms in total. The second-order valence-electron chi connectivity index (χ2n) is 9.87. The van der Waals surface area contributed by atoms with E-state index in [1.54, 1.807) is 21.2 Å². The van der Waals surface area contributed by atoms with Crippen LogP contribution in [0, 0.1) is 5.41 Å². The molecule has 0 saturated carbocycles. The first kappa shape index (κ1) is 28.1. The molecule has 0 aliphatic heterocycles. The lowest BCUT2D eigenvalue weighted by Gasteiger charge is -2.28. The summed E-state index contributed by atoms with van der Waals surface area (Å²) in [6.07, 6.45) is 5.16. The Labute approximate surface area is 211 Å². The lowest BCUT2D eigenvalue weighted by Crippen LogP contribution is -2.41. The predicted molar refractivity (Wildman–Crippen MR) is 143 cm³/mol. The average Bonchev–Trinajstić information content (AvgIpc) is 2.83. The van der Waals surface area contributed by atoms with E-state index in [0.29, 0.717) is 17.9 Å². The highest BCUT2D eigenvalue weighted by atomic mass is 16.5. The molecule has 0 radical (unpaired) electrons. The van der Waals surface area contributed by atoms with E-state index >= 15 is 0 Å². The zero-order valence-electron chi connectivity index (χ0n) is 22.4. The molecule has 0 bridgehead atoms. The first-order valence-electron chi connectivity index (χ1n) is 11.9. The van der Waals surface area contributed by atoms with Crippen LogP contribution in [0.4, 0.5) is 0 Å². The summed E-state index contributed by atoms with van der Waals surface area (Å²) in [4.78, 5) is 28.7. The third kappa shape index (κ3) is 7.18. The van der Waals surface area contributed by atoms with Gasteiger partial charge in [0, 0.05) is 59.1 Å². The van der Waals surface area contributed by atoms with E-state index in [-0.39, 0.29) is 25.8 Å². The van der Waals surface area contributed by atoms with Gasteiger partial charge in [0.1, 0.15) is 5.75 Å². The van der Waals surface area contributed by atoms with Gasteiger partial charge in [-0.25, -0.2) is 0 Å². The van der Waals surface area contributed by atoms with Gasteiger partial charge in [0.15, 0.2) is 0 Å². The molecular weight excluding hydrogens is 442 g/mol. The smallest absolute Gasteiger partial charge is 0.251 e. The molecule has 35 heavy (non-hydrogen) atoms. The van der Waals surface area contributed by atoms with Crippen molar-refractivity contribution >= 4 is 18.0 Å². The molecule has 1 aromatic rings. The quantitative estimate of drug-likeness (QED) is 0.418. The molecule has 0 heterocycles. The number of carbonyl (C=O) groups excluding carboxylic acids is 2. The Morgan fingerprint density at radius 1 is 1.23 bits per heavy atom. The lowest BCUT2D eigenvalue weighted by atomic mass is 9.82. The summed E-state index contributed by atoms with van der Waals surface area (Å²) in [5, 5.41) is 14.4. The standard InChI is InChI=1S/C27H41N5O3.H2/c1-18-9-10-22(31(4)5)14-24(18)26(34)30-19(2)20-11-21(13-23(12-20)35-8)27(3,16-28)17-29-15-25(33)32(6)7;/h11-14,16,19,28-29H,9-10,15,17H2,1-8H3,(H,30,34);1H/t19-,27?;/m1./s1. The first-order valence-corrected chi connectivity index (χ1v) is 11.9. The monoisotopic (exact) mass is 485 g/mol. The minimum absolute atomic E-state index is 0. The Morgan fingerprint density at radius 2 is 1.91 bits per heavy atom. The van der Waals surface area contributed by atoms with Crippen LogP contribution < -0.4 is 15.4 Å². The molecule has 194 valence electrons. The number of ether oxygens (including phenoxy) is 1. The number of rotatable bonds is 11. The van der Waals surface area contributed by atoms with E-state index < -0.39 is 5.41 Å². The molecule has 2 amide bonds. The summed E-state index contributed by atoms with van der Waals surface area (Å²) < 4.78 is 5.54. The number of carbonyl (C=O) groups is 2. The van der Waals surface area contributed by atoms with Crippen LogP contribution in [-0.2, 0) is 15.0 Å². The van der Waals surface area contributed by atoms with Crippen molar-refractivity contribution in [2.24, 2.45) is 0 Å². The maximum Gasteiger partial charge on any atom is 0.251 e. The van der Waals surface area contributed by atoms with Gasteiger partial charge in [0.25, 0.3) is 5.91 Å². The van der Waals surface area contributed by atoms with E-state index in [1.165, 1.54) is 11.1 Å². The summed E-state index contributed by atoms with van der Waals surface area (Å²) >= 11 is 0. The molecule has 3 N–H and O–H groups in total. The minimum Gasteiger partial charge on any atom is -0.497 e. The molecule has 1 aromatic carbocycles. The normalized spacial score (nSPS) is 16.1. The lowest BCUT2D eigenvalue weighted by molar-refractivity contribution is -0.127. The fourth-order valence-corrected chi connectivity index (χ4v) is 3.93. The SMILES string of the molecule is COc1cc([C@@H](C)NC(=O)C2=C(C)CCC(N(C)C)=C2)cc(C(C)(C=N)CNCC(=O)N(C)C)c1.[HH]. The van der Waals surface area contributed by atoms with Gasteiger partial charge >= 0.3 is 0 Å². The number of allylic oxidation sites excluding steroid dienone is 2. The van der Waals surface area contributed by atoms with Crippen molar-refractivity contribution < 1.29 is 15.8 Å². The number of hydrogen-bond acceptors (Lipinski definition) is 6. The molecule has 0 aromatic heterocycles. The van der Waals surface area contributed by atoms with E-state index in [9.17, 15) is 9.59 Å². The highest BCUT2D eigenvalue weighted by molar-refractivity contribution is 5.97. The maximum atomic E-state index is 13.2. The molecule has 1 aliphatic carbocycles. The molecule has 1 unspecified atom stereocenters. The second-order valence-corrected chi connectivity index (χ2v) is 9.87. The van der Waals surface area contributed by atoms with Crippen LogP contribution in [0.5, 0.6) is 5.75 Å². The van der Waals surface area contributed by atoms with E-state index in [0.717, 1.165) is 35.2 Å². The van der Waals surface area contributed by atoms with Crippen molar-refractivity contribution in [3.05, 3.63) is 52.2 Å². The van der Waals surface area contributed by atoms with Crippen molar-refractivity contribution in [3.8, 4) is 5.75 Å². The Kier molecular flexibility index (Phi) is 9.65. The van der Waals surface area contributed by atoms with Crippen LogP contribution in [-0.4, -0.2) is 76.2 Å². The van der Waals surface area contributed by atoms with Gasteiger partial charge in [-0.3, -0.25) is 9.59 Å². The third-order valence-corrected chi connectivity index (χ3v) is 6.60. The van der Waals surface area contributed by atoms with Gasteiger partial charge in [0.05, 0.1) is 19.7 Å². The molecule has 0 spiro atoms. The van der Waals surface area contributed by atoms with Gasteiger partial charge in [-0.05, 0) is 62.9 Å². The maximum absolute atomic E-state index is 13.2. The van der Waals surface area contributed by atoms with Crippen LogP contribution in [0.3, 0.4) is 0 Å². The molecule has 8 heteroatoms. The first-order chi connectivity index (χ1) is 16.4. The predicted octanol–water partition coefficient (Wildman–Crippen LogP) is 3.26. The van der Waals surface area contributed by atoms with Gasteiger partial charge in [0.2, 0.25) is 5.91 Å². The van der Waals surface area contributed by atoms with E-state index in [4.69, 9.17) is 10.1 Å². The Bertz CT molecular complexity index is 1020. The summed E-state index contributed by atoms with van der Waals surface area (Å²) in [7, 11) is 9.02. The zero-order chi connectivity index (χ0) is 26.3. The topological polar surface area (TPSA) is 97.8 Å². The van der Waals surface area contributed by atoms with Gasteiger partial charge in [-0.2, -0.15) is 0 Å². The summed E-state index contributed by atoms with van der Waals surface area (Å²) in [6, 6.07) is 5.54. The van der Waals surface area contributed by atoms with Crippen molar-refractivity contribution in [2.45, 2.75) is 45.1 Å². The zero-order valence-corrected chi connectivity index (χ0v) is 22.4. The van der Waals surface area contributed by atoms with Crippen molar-refractivity contribution in [2.75, 3.05) is 48.4 Å². The van der Waals surface area contributed by atoms with Gasteiger partial charge in [-0.1, -0.05) is 11.6 Å². The van der Waals surface area contributed by atoms with Crippen LogP contribution >= 0.6 is 0 Å². The fourth-order valence-electron chi connectivity index (χ4n) is 3.93. The molecule has 2 atom stereocenters. The molecule has 0 saturated heterocycles. The van der Waals surface area contributed by atoms with E-state index in [2.05, 4.69) is 15.5 Å².